The molecular weight excluding hydrogens is 272 g/mol. The zero-order valence-electron chi connectivity index (χ0n) is 10.4. The highest BCUT2D eigenvalue weighted by molar-refractivity contribution is 9.09. The molecule has 4 heteroatoms. The molecule has 0 aromatic heterocycles. The molecule has 0 unspecified atom stereocenters. The molecule has 0 aromatic carbocycles. The molecule has 92 valence electrons. The lowest BCUT2D eigenvalue weighted by atomic mass is 10.4. The molecule has 2 nitrogen and oxygen atoms in total. The number of alkyl halides is 1. The van der Waals surface area contributed by atoms with Gasteiger partial charge in [0.1, 0.15) is 0 Å². The molecule has 0 saturated heterocycles. The van der Waals surface area contributed by atoms with E-state index in [-0.39, 0.29) is 0 Å². The van der Waals surface area contributed by atoms with E-state index in [0.29, 0.717) is 0 Å². The van der Waals surface area contributed by atoms with Gasteiger partial charge in [-0.25, -0.2) is 0 Å². The Morgan fingerprint density at radius 2 is 1.47 bits per heavy atom. The lowest BCUT2D eigenvalue weighted by Gasteiger charge is -2.29. The van der Waals surface area contributed by atoms with Gasteiger partial charge in [0.05, 0.1) is 0 Å². The van der Waals surface area contributed by atoms with Gasteiger partial charge in [0.25, 0.3) is 0 Å². The van der Waals surface area contributed by atoms with E-state index in [1.165, 1.54) is 12.8 Å². The minimum Gasteiger partial charge on any atom is -0.394 e. The van der Waals surface area contributed by atoms with Crippen LogP contribution in [0.4, 0.5) is 0 Å². The fourth-order valence-corrected chi connectivity index (χ4v) is 5.87. The lowest BCUT2D eigenvalue weighted by molar-refractivity contribution is 0.172. The van der Waals surface area contributed by atoms with Crippen molar-refractivity contribution in [1.82, 2.24) is 0 Å². The van der Waals surface area contributed by atoms with Gasteiger partial charge in [-0.15, -0.1) is 0 Å². The van der Waals surface area contributed by atoms with Crippen LogP contribution in [0.15, 0.2) is 0 Å². The average molecular weight is 297 g/mol. The first-order valence-electron chi connectivity index (χ1n) is 6.08. The zero-order valence-corrected chi connectivity index (χ0v) is 12.9. The average Bonchev–Trinajstić information content (AvgIpc) is 2.29. The third-order valence-corrected chi connectivity index (χ3v) is 7.80. The maximum absolute atomic E-state index is 6.00. The summed E-state index contributed by atoms with van der Waals surface area (Å²) in [6, 6.07) is 1.12. The molecule has 0 aliphatic carbocycles. The van der Waals surface area contributed by atoms with Crippen molar-refractivity contribution in [3.8, 4) is 0 Å². The van der Waals surface area contributed by atoms with E-state index in [0.717, 1.165) is 37.1 Å². The van der Waals surface area contributed by atoms with Crippen molar-refractivity contribution < 1.29 is 8.85 Å². The van der Waals surface area contributed by atoms with Crippen LogP contribution in [0.2, 0.25) is 6.04 Å². The summed E-state index contributed by atoms with van der Waals surface area (Å²) in [5.74, 6) is 0. The molecule has 0 N–H and O–H groups in total. The van der Waals surface area contributed by atoms with Crippen molar-refractivity contribution in [2.45, 2.75) is 52.5 Å². The first kappa shape index (κ1) is 15.6. The van der Waals surface area contributed by atoms with Crippen molar-refractivity contribution in [2.75, 3.05) is 18.2 Å². The third kappa shape index (κ3) is 6.71. The predicted molar refractivity (Wildman–Crippen MR) is 71.7 cm³/mol. The van der Waals surface area contributed by atoms with Gasteiger partial charge < -0.3 is 8.85 Å². The van der Waals surface area contributed by atoms with Gasteiger partial charge in [0, 0.05) is 18.2 Å². The molecule has 15 heavy (non-hydrogen) atoms. The standard InChI is InChI=1S/C11H25BrO2Si/c1-4-7-10-15(11-12,13-8-5-2)14-9-6-3/h4-11H2,1-3H3. The summed E-state index contributed by atoms with van der Waals surface area (Å²) in [6.07, 6.45) is 4.57. The molecule has 0 aliphatic rings. The minimum atomic E-state index is -1.92. The summed E-state index contributed by atoms with van der Waals surface area (Å²) in [5.41, 5.74) is 0. The Labute approximate surface area is 104 Å². The van der Waals surface area contributed by atoms with E-state index in [1.54, 1.807) is 0 Å². The number of unbranched alkanes of at least 4 members (excludes halogenated alkanes) is 1. The Morgan fingerprint density at radius 1 is 0.933 bits per heavy atom. The second-order valence-corrected chi connectivity index (χ2v) is 8.69. The first-order valence-corrected chi connectivity index (χ1v) is 9.43. The van der Waals surface area contributed by atoms with Crippen LogP contribution in [0.25, 0.3) is 0 Å². The van der Waals surface area contributed by atoms with E-state index in [4.69, 9.17) is 8.85 Å². The second-order valence-electron chi connectivity index (χ2n) is 3.84. The molecule has 0 spiro atoms. The molecule has 0 aromatic rings. The summed E-state index contributed by atoms with van der Waals surface area (Å²) in [5, 5.41) is 0. The van der Waals surface area contributed by atoms with E-state index in [9.17, 15) is 0 Å². The second kappa shape index (κ2) is 9.82. The monoisotopic (exact) mass is 296 g/mol. The van der Waals surface area contributed by atoms with Crippen LogP contribution in [-0.2, 0) is 8.85 Å². The topological polar surface area (TPSA) is 18.5 Å². The van der Waals surface area contributed by atoms with Crippen LogP contribution >= 0.6 is 15.9 Å². The SMILES string of the molecule is CCCC[Si](CBr)(OCCC)OCCC. The molecule has 0 fully saturated rings. The minimum absolute atomic E-state index is 0.839. The molecule has 0 rings (SSSR count). The van der Waals surface area contributed by atoms with E-state index >= 15 is 0 Å². The largest absolute Gasteiger partial charge is 0.394 e. The Hall–Kier alpha value is 0.617. The van der Waals surface area contributed by atoms with E-state index < -0.39 is 8.56 Å². The summed E-state index contributed by atoms with van der Waals surface area (Å²) >= 11 is 3.58. The summed E-state index contributed by atoms with van der Waals surface area (Å²) in [7, 11) is -1.92. The molecule has 0 bridgehead atoms. The highest BCUT2D eigenvalue weighted by Gasteiger charge is 2.35. The van der Waals surface area contributed by atoms with Gasteiger partial charge in [-0.2, -0.15) is 0 Å². The van der Waals surface area contributed by atoms with Crippen LogP contribution in [-0.4, -0.2) is 26.7 Å². The fraction of sp³-hybridized carbons (Fsp3) is 1.00. The zero-order chi connectivity index (χ0) is 11.6. The van der Waals surface area contributed by atoms with Crippen molar-refractivity contribution in [1.29, 1.82) is 0 Å². The van der Waals surface area contributed by atoms with Crippen molar-refractivity contribution in [3.05, 3.63) is 0 Å². The predicted octanol–water partition coefficient (Wildman–Crippen LogP) is 4.02. The third-order valence-electron chi connectivity index (χ3n) is 2.25. The van der Waals surface area contributed by atoms with Crippen molar-refractivity contribution in [2.24, 2.45) is 0 Å². The van der Waals surface area contributed by atoms with Crippen molar-refractivity contribution in [3.63, 3.8) is 0 Å². The van der Waals surface area contributed by atoms with Crippen LogP contribution in [0.3, 0.4) is 0 Å². The highest BCUT2D eigenvalue weighted by Crippen LogP contribution is 2.20. The molecule has 0 amide bonds. The van der Waals surface area contributed by atoms with Crippen LogP contribution in [0.5, 0.6) is 0 Å². The van der Waals surface area contributed by atoms with Crippen molar-refractivity contribution >= 4 is 24.5 Å². The Bertz CT molecular complexity index is 123. The fourth-order valence-electron chi connectivity index (χ4n) is 1.35. The number of hydrogen-bond donors (Lipinski definition) is 0. The smallest absolute Gasteiger partial charge is 0.349 e. The van der Waals surface area contributed by atoms with Crippen LogP contribution in [0, 0.1) is 0 Å². The van der Waals surface area contributed by atoms with Gasteiger partial charge in [0.15, 0.2) is 0 Å². The van der Waals surface area contributed by atoms with Crippen LogP contribution < -0.4 is 0 Å². The quantitative estimate of drug-likeness (QED) is 0.448. The van der Waals surface area contributed by atoms with E-state index in [2.05, 4.69) is 36.7 Å². The van der Waals surface area contributed by atoms with Gasteiger partial charge in [0.2, 0.25) is 0 Å². The Morgan fingerprint density at radius 3 is 1.80 bits per heavy atom. The molecule has 0 aliphatic heterocycles. The maximum atomic E-state index is 6.00. The number of hydrogen-bond acceptors (Lipinski definition) is 2. The maximum Gasteiger partial charge on any atom is 0.349 e. The molecule has 0 saturated carbocycles. The van der Waals surface area contributed by atoms with Gasteiger partial charge >= 0.3 is 8.56 Å². The van der Waals surface area contributed by atoms with Gasteiger partial charge in [-0.05, 0) is 18.9 Å². The number of rotatable bonds is 10. The number of halogens is 1. The lowest BCUT2D eigenvalue weighted by Crippen LogP contribution is -2.45. The highest BCUT2D eigenvalue weighted by atomic mass is 79.9. The van der Waals surface area contributed by atoms with Gasteiger partial charge in [-0.1, -0.05) is 49.5 Å². The molecule has 0 atom stereocenters. The molecule has 0 radical (unpaired) electrons. The normalized spacial score (nSPS) is 12.0. The van der Waals surface area contributed by atoms with Crippen LogP contribution in [0.1, 0.15) is 46.5 Å². The summed E-state index contributed by atoms with van der Waals surface area (Å²) < 4.78 is 12.0. The summed E-state index contributed by atoms with van der Waals surface area (Å²) in [6.45, 7) is 8.18. The Balaban J connectivity index is 4.16. The van der Waals surface area contributed by atoms with E-state index in [1.807, 2.05) is 0 Å². The first-order chi connectivity index (χ1) is 7.24. The summed E-state index contributed by atoms with van der Waals surface area (Å²) in [4.78, 5) is 0.903. The Kier molecular flexibility index (Phi) is 10.2. The molecular formula is C11H25BrO2Si. The molecule has 0 heterocycles. The van der Waals surface area contributed by atoms with Gasteiger partial charge in [-0.3, -0.25) is 0 Å².